The molecular weight excluding hydrogens is 312 g/mol. The van der Waals surface area contributed by atoms with E-state index in [2.05, 4.69) is 10.1 Å². The third-order valence-corrected chi connectivity index (χ3v) is 3.39. The second-order valence-electron chi connectivity index (χ2n) is 4.98. The van der Waals surface area contributed by atoms with E-state index in [9.17, 15) is 9.59 Å². The molecule has 2 heterocycles. The molecule has 124 valence electrons. The fourth-order valence-corrected chi connectivity index (χ4v) is 2.25. The van der Waals surface area contributed by atoms with E-state index in [1.54, 1.807) is 11.6 Å². The van der Waals surface area contributed by atoms with E-state index in [0.717, 1.165) is 5.69 Å². The van der Waals surface area contributed by atoms with Crippen molar-refractivity contribution in [2.75, 3.05) is 13.2 Å². The molecular formula is C16H16N4O4. The Hall–Kier alpha value is -3.16. The number of rotatable bonds is 5. The van der Waals surface area contributed by atoms with Gasteiger partial charge in [0, 0.05) is 7.05 Å². The van der Waals surface area contributed by atoms with Gasteiger partial charge in [-0.15, -0.1) is 0 Å². The Morgan fingerprint density at radius 2 is 2.00 bits per heavy atom. The van der Waals surface area contributed by atoms with Gasteiger partial charge in [-0.25, -0.2) is 9.48 Å². The minimum absolute atomic E-state index is 0.0261. The van der Waals surface area contributed by atoms with Crippen LogP contribution in [0.3, 0.4) is 0 Å². The Morgan fingerprint density at radius 1 is 1.25 bits per heavy atom. The first kappa shape index (κ1) is 15.7. The van der Waals surface area contributed by atoms with E-state index < -0.39 is 5.97 Å². The lowest BCUT2D eigenvalue weighted by Gasteiger charge is -2.09. The molecule has 3 rings (SSSR count). The first-order valence-corrected chi connectivity index (χ1v) is 7.40. The molecule has 0 aliphatic carbocycles. The highest BCUT2D eigenvalue weighted by atomic mass is 16.6. The van der Waals surface area contributed by atoms with Gasteiger partial charge in [-0.05, 0) is 19.1 Å². The van der Waals surface area contributed by atoms with Crippen LogP contribution < -0.4 is 10.3 Å². The minimum atomic E-state index is -0.525. The van der Waals surface area contributed by atoms with E-state index in [-0.39, 0.29) is 24.8 Å². The van der Waals surface area contributed by atoms with Crippen molar-refractivity contribution in [1.82, 2.24) is 19.3 Å². The van der Waals surface area contributed by atoms with E-state index in [4.69, 9.17) is 9.47 Å². The average Bonchev–Trinajstić information content (AvgIpc) is 3.02. The molecule has 2 aromatic heterocycles. The third-order valence-electron chi connectivity index (χ3n) is 3.39. The summed E-state index contributed by atoms with van der Waals surface area (Å²) >= 11 is 0. The number of fused-ring (bicyclic) bond motifs is 1. The number of hydrogen-bond donors (Lipinski definition) is 0. The number of carbonyl (C=O) groups excluding carboxylic acids is 1. The average molecular weight is 328 g/mol. The number of aromatic nitrogens is 4. The van der Waals surface area contributed by atoms with Gasteiger partial charge in [-0.3, -0.25) is 9.36 Å². The number of benzene rings is 1. The van der Waals surface area contributed by atoms with Crippen LogP contribution >= 0.6 is 0 Å². The smallest absolute Gasteiger partial charge is 0.344 e. The SMILES string of the molecule is CCOC(=O)COc1nc2c(cnn2-c2ccccc2)c(=O)n1C. The zero-order valence-corrected chi connectivity index (χ0v) is 13.3. The van der Waals surface area contributed by atoms with Crippen molar-refractivity contribution in [1.29, 1.82) is 0 Å². The molecule has 3 aromatic rings. The van der Waals surface area contributed by atoms with Gasteiger partial charge >= 0.3 is 12.0 Å². The summed E-state index contributed by atoms with van der Waals surface area (Å²) < 4.78 is 12.9. The first-order valence-electron chi connectivity index (χ1n) is 7.40. The van der Waals surface area contributed by atoms with Gasteiger partial charge in [-0.2, -0.15) is 10.1 Å². The summed E-state index contributed by atoms with van der Waals surface area (Å²) in [7, 11) is 1.52. The third kappa shape index (κ3) is 2.85. The maximum absolute atomic E-state index is 12.4. The highest BCUT2D eigenvalue weighted by molar-refractivity contribution is 5.76. The van der Waals surface area contributed by atoms with Crippen molar-refractivity contribution in [3.63, 3.8) is 0 Å². The molecule has 0 saturated carbocycles. The number of hydrogen-bond acceptors (Lipinski definition) is 6. The Balaban J connectivity index is 2.03. The number of esters is 1. The largest absolute Gasteiger partial charge is 0.463 e. The molecule has 0 saturated heterocycles. The zero-order chi connectivity index (χ0) is 17.1. The number of nitrogens with zero attached hydrogens (tertiary/aromatic N) is 4. The molecule has 0 spiro atoms. The number of para-hydroxylation sites is 1. The van der Waals surface area contributed by atoms with E-state index in [1.807, 2.05) is 30.3 Å². The summed E-state index contributed by atoms with van der Waals surface area (Å²) in [6.45, 7) is 1.64. The van der Waals surface area contributed by atoms with Crippen LogP contribution in [-0.2, 0) is 16.6 Å². The van der Waals surface area contributed by atoms with Crippen molar-refractivity contribution in [2.45, 2.75) is 6.92 Å². The fourth-order valence-electron chi connectivity index (χ4n) is 2.25. The van der Waals surface area contributed by atoms with Gasteiger partial charge in [0.05, 0.1) is 18.5 Å². The molecule has 0 atom stereocenters. The molecule has 0 bridgehead atoms. The molecule has 0 amide bonds. The second-order valence-corrected chi connectivity index (χ2v) is 4.98. The van der Waals surface area contributed by atoms with Crippen molar-refractivity contribution >= 4 is 17.0 Å². The number of ether oxygens (including phenoxy) is 2. The molecule has 0 fully saturated rings. The summed E-state index contributed by atoms with van der Waals surface area (Å²) in [5.41, 5.74) is 0.828. The Labute approximate surface area is 137 Å². The summed E-state index contributed by atoms with van der Waals surface area (Å²) in [4.78, 5) is 28.2. The predicted molar refractivity (Wildman–Crippen MR) is 86.2 cm³/mol. The van der Waals surface area contributed by atoms with Crippen molar-refractivity contribution in [3.8, 4) is 11.7 Å². The molecule has 8 heteroatoms. The second kappa shape index (κ2) is 6.53. The monoisotopic (exact) mass is 328 g/mol. The first-order chi connectivity index (χ1) is 11.6. The van der Waals surface area contributed by atoms with Crippen LogP contribution in [0.25, 0.3) is 16.7 Å². The van der Waals surface area contributed by atoms with E-state index in [1.165, 1.54) is 17.8 Å². The van der Waals surface area contributed by atoms with Crippen LogP contribution in [-0.4, -0.2) is 38.5 Å². The van der Waals surface area contributed by atoms with Gasteiger partial charge in [0.25, 0.3) is 5.56 Å². The van der Waals surface area contributed by atoms with Crippen LogP contribution in [0.1, 0.15) is 6.92 Å². The standard InChI is InChI=1S/C16H16N4O4/c1-3-23-13(21)10-24-16-18-14-12(15(22)19(16)2)9-17-20(14)11-7-5-4-6-8-11/h4-9H,3,10H2,1-2H3. The summed E-state index contributed by atoms with van der Waals surface area (Å²) in [6.07, 6.45) is 1.47. The lowest BCUT2D eigenvalue weighted by atomic mass is 10.3. The van der Waals surface area contributed by atoms with Crippen LogP contribution in [0, 0.1) is 0 Å². The minimum Gasteiger partial charge on any atom is -0.463 e. The predicted octanol–water partition coefficient (Wildman–Crippen LogP) is 1.06. The van der Waals surface area contributed by atoms with Crippen molar-refractivity contribution in [3.05, 3.63) is 46.9 Å². The van der Waals surface area contributed by atoms with Gasteiger partial charge in [0.2, 0.25) is 0 Å². The van der Waals surface area contributed by atoms with Crippen LogP contribution in [0.5, 0.6) is 6.01 Å². The molecule has 1 aromatic carbocycles. The van der Waals surface area contributed by atoms with Gasteiger partial charge in [0.1, 0.15) is 5.39 Å². The quantitative estimate of drug-likeness (QED) is 0.651. The highest BCUT2D eigenvalue weighted by Crippen LogP contribution is 2.16. The van der Waals surface area contributed by atoms with Crippen LogP contribution in [0.4, 0.5) is 0 Å². The Kier molecular flexibility index (Phi) is 4.28. The lowest BCUT2D eigenvalue weighted by Crippen LogP contribution is -2.23. The van der Waals surface area contributed by atoms with Crippen molar-refractivity contribution < 1.29 is 14.3 Å². The van der Waals surface area contributed by atoms with Gasteiger partial charge < -0.3 is 9.47 Å². The summed E-state index contributed by atoms with van der Waals surface area (Å²) in [5.74, 6) is -0.525. The molecule has 0 aliphatic heterocycles. The molecule has 0 unspecified atom stereocenters. The topological polar surface area (TPSA) is 88.2 Å². The molecule has 24 heavy (non-hydrogen) atoms. The summed E-state index contributed by atoms with van der Waals surface area (Å²) in [6, 6.07) is 9.34. The zero-order valence-electron chi connectivity index (χ0n) is 13.3. The maximum atomic E-state index is 12.4. The highest BCUT2D eigenvalue weighted by Gasteiger charge is 2.16. The van der Waals surface area contributed by atoms with Gasteiger partial charge in [-0.1, -0.05) is 18.2 Å². The fraction of sp³-hybridized carbons (Fsp3) is 0.250. The van der Waals surface area contributed by atoms with Crippen LogP contribution in [0.2, 0.25) is 0 Å². The summed E-state index contributed by atoms with van der Waals surface area (Å²) in [5, 5.41) is 4.59. The molecule has 0 aliphatic rings. The Bertz CT molecular complexity index is 930. The van der Waals surface area contributed by atoms with E-state index >= 15 is 0 Å². The molecule has 8 nitrogen and oxygen atoms in total. The lowest BCUT2D eigenvalue weighted by molar-refractivity contribution is -0.145. The van der Waals surface area contributed by atoms with Crippen LogP contribution in [0.15, 0.2) is 41.3 Å². The van der Waals surface area contributed by atoms with E-state index in [0.29, 0.717) is 11.0 Å². The van der Waals surface area contributed by atoms with Crippen molar-refractivity contribution in [2.24, 2.45) is 7.05 Å². The normalized spacial score (nSPS) is 10.8. The number of carbonyl (C=O) groups is 1. The Morgan fingerprint density at radius 3 is 2.71 bits per heavy atom. The molecule has 0 radical (unpaired) electrons. The van der Waals surface area contributed by atoms with Gasteiger partial charge in [0.15, 0.2) is 12.3 Å². The molecule has 0 N–H and O–H groups in total. The maximum Gasteiger partial charge on any atom is 0.344 e.